The number of hydrogen-bond acceptors (Lipinski definition) is 6. The maximum absolute atomic E-state index is 11.3. The highest BCUT2D eigenvalue weighted by Crippen LogP contribution is 1.99. The van der Waals surface area contributed by atoms with E-state index in [1.54, 1.807) is 0 Å². The molecule has 0 saturated carbocycles. The van der Waals surface area contributed by atoms with Gasteiger partial charge in [0.05, 0.1) is 26.4 Å². The maximum atomic E-state index is 11.3. The molecule has 126 valence electrons. The van der Waals surface area contributed by atoms with Crippen LogP contribution in [0.15, 0.2) is 23.8 Å². The van der Waals surface area contributed by atoms with Crippen LogP contribution in [0.1, 0.15) is 27.2 Å². The van der Waals surface area contributed by atoms with E-state index in [0.29, 0.717) is 38.4 Å². The lowest BCUT2D eigenvalue weighted by Crippen LogP contribution is -2.15. The Hall–Kier alpha value is -1.66. The first-order valence-corrected chi connectivity index (χ1v) is 7.29. The summed E-state index contributed by atoms with van der Waals surface area (Å²) in [6.07, 6.45) is 2.00. The summed E-state index contributed by atoms with van der Waals surface area (Å²) in [7, 11) is 0. The minimum absolute atomic E-state index is 0.193. The van der Waals surface area contributed by atoms with E-state index < -0.39 is 0 Å². The number of ether oxygens (including phenoxy) is 4. The molecule has 0 radical (unpaired) electrons. The SMILES string of the molecule is C=C(CC)C(=O)OCCOCCOCCOC(=O)C=C(C)C. The van der Waals surface area contributed by atoms with Gasteiger partial charge in [-0.05, 0) is 20.3 Å². The molecule has 0 amide bonds. The molecule has 0 saturated heterocycles. The highest BCUT2D eigenvalue weighted by Gasteiger charge is 2.05. The van der Waals surface area contributed by atoms with Crippen LogP contribution in [0.25, 0.3) is 0 Å². The second-order valence-electron chi connectivity index (χ2n) is 4.71. The molecular formula is C16H26O6. The monoisotopic (exact) mass is 314 g/mol. The fraction of sp³-hybridized carbons (Fsp3) is 0.625. The van der Waals surface area contributed by atoms with E-state index in [2.05, 4.69) is 6.58 Å². The zero-order valence-corrected chi connectivity index (χ0v) is 13.7. The Morgan fingerprint density at radius 1 is 0.909 bits per heavy atom. The van der Waals surface area contributed by atoms with E-state index in [4.69, 9.17) is 18.9 Å². The number of rotatable bonds is 12. The van der Waals surface area contributed by atoms with E-state index in [-0.39, 0.29) is 25.2 Å². The maximum Gasteiger partial charge on any atom is 0.333 e. The molecule has 6 heteroatoms. The summed E-state index contributed by atoms with van der Waals surface area (Å²) in [5, 5.41) is 0. The average molecular weight is 314 g/mol. The molecule has 0 aromatic carbocycles. The van der Waals surface area contributed by atoms with Crippen LogP contribution in [0.2, 0.25) is 0 Å². The van der Waals surface area contributed by atoms with Gasteiger partial charge in [0.15, 0.2) is 0 Å². The predicted octanol–water partition coefficient (Wildman–Crippen LogP) is 2.04. The van der Waals surface area contributed by atoms with Crippen LogP contribution < -0.4 is 0 Å². The molecule has 0 aliphatic carbocycles. The molecular weight excluding hydrogens is 288 g/mol. The van der Waals surface area contributed by atoms with Crippen molar-refractivity contribution in [3.63, 3.8) is 0 Å². The molecule has 0 fully saturated rings. The van der Waals surface area contributed by atoms with Gasteiger partial charge in [-0.15, -0.1) is 0 Å². The second kappa shape index (κ2) is 13.0. The van der Waals surface area contributed by atoms with Crippen molar-refractivity contribution in [2.75, 3.05) is 39.6 Å². The summed E-state index contributed by atoms with van der Waals surface area (Å²) >= 11 is 0. The van der Waals surface area contributed by atoms with Gasteiger partial charge in [0.25, 0.3) is 0 Å². The molecule has 0 aliphatic heterocycles. The lowest BCUT2D eigenvalue weighted by molar-refractivity contribution is -0.141. The number of carbonyl (C=O) groups is 2. The second-order valence-corrected chi connectivity index (χ2v) is 4.71. The third-order valence-corrected chi connectivity index (χ3v) is 2.43. The first kappa shape index (κ1) is 20.3. The summed E-state index contributed by atoms with van der Waals surface area (Å²) in [4.78, 5) is 22.4. The molecule has 0 spiro atoms. The van der Waals surface area contributed by atoms with E-state index >= 15 is 0 Å². The molecule has 0 aromatic heterocycles. The van der Waals surface area contributed by atoms with Crippen molar-refractivity contribution < 1.29 is 28.5 Å². The van der Waals surface area contributed by atoms with Gasteiger partial charge in [0.1, 0.15) is 13.2 Å². The van der Waals surface area contributed by atoms with Gasteiger partial charge >= 0.3 is 11.9 Å². The van der Waals surface area contributed by atoms with Crippen molar-refractivity contribution in [3.8, 4) is 0 Å². The molecule has 0 rings (SSSR count). The van der Waals surface area contributed by atoms with Gasteiger partial charge in [-0.3, -0.25) is 0 Å². The van der Waals surface area contributed by atoms with E-state index in [1.807, 2.05) is 20.8 Å². The first-order valence-electron chi connectivity index (χ1n) is 7.29. The fourth-order valence-electron chi connectivity index (χ4n) is 1.24. The number of hydrogen-bond donors (Lipinski definition) is 0. The number of carbonyl (C=O) groups excluding carboxylic acids is 2. The molecule has 0 heterocycles. The Morgan fingerprint density at radius 2 is 1.41 bits per heavy atom. The Bertz CT molecular complexity index is 382. The van der Waals surface area contributed by atoms with Crippen molar-refractivity contribution in [2.24, 2.45) is 0 Å². The smallest absolute Gasteiger partial charge is 0.333 e. The molecule has 0 aromatic rings. The van der Waals surface area contributed by atoms with Gasteiger partial charge in [-0.2, -0.15) is 0 Å². The lowest BCUT2D eigenvalue weighted by Gasteiger charge is -2.07. The van der Waals surface area contributed by atoms with Crippen LogP contribution in [0.5, 0.6) is 0 Å². The Balaban J connectivity index is 3.34. The molecule has 0 bridgehead atoms. The average Bonchev–Trinajstić information content (AvgIpc) is 2.47. The summed E-state index contributed by atoms with van der Waals surface area (Å²) in [5.41, 5.74) is 1.34. The lowest BCUT2D eigenvalue weighted by atomic mass is 10.2. The van der Waals surface area contributed by atoms with Crippen LogP contribution >= 0.6 is 0 Å². The minimum Gasteiger partial charge on any atom is -0.460 e. The normalized spacial score (nSPS) is 9.95. The van der Waals surface area contributed by atoms with Crippen molar-refractivity contribution in [1.29, 1.82) is 0 Å². The quantitative estimate of drug-likeness (QED) is 0.312. The Morgan fingerprint density at radius 3 is 1.91 bits per heavy atom. The van der Waals surface area contributed by atoms with Gasteiger partial charge < -0.3 is 18.9 Å². The first-order chi connectivity index (χ1) is 10.5. The van der Waals surface area contributed by atoms with E-state index in [0.717, 1.165) is 5.57 Å². The largest absolute Gasteiger partial charge is 0.460 e. The molecule has 0 atom stereocenters. The molecule has 0 unspecified atom stereocenters. The van der Waals surface area contributed by atoms with Gasteiger partial charge in [-0.1, -0.05) is 19.1 Å². The van der Waals surface area contributed by atoms with Crippen molar-refractivity contribution in [1.82, 2.24) is 0 Å². The third-order valence-electron chi connectivity index (χ3n) is 2.43. The van der Waals surface area contributed by atoms with Crippen LogP contribution in [-0.2, 0) is 28.5 Å². The van der Waals surface area contributed by atoms with E-state index in [9.17, 15) is 9.59 Å². The Labute approximate surface area is 132 Å². The molecule has 0 aliphatic rings. The molecule has 6 nitrogen and oxygen atoms in total. The summed E-state index contributed by atoms with van der Waals surface area (Å²) in [6, 6.07) is 0. The van der Waals surface area contributed by atoms with Crippen molar-refractivity contribution in [3.05, 3.63) is 23.8 Å². The highest BCUT2D eigenvalue weighted by molar-refractivity contribution is 5.87. The van der Waals surface area contributed by atoms with Gasteiger partial charge in [0.2, 0.25) is 0 Å². The number of allylic oxidation sites excluding steroid dienone is 1. The molecule has 22 heavy (non-hydrogen) atoms. The number of esters is 2. The zero-order valence-electron chi connectivity index (χ0n) is 13.7. The van der Waals surface area contributed by atoms with Crippen LogP contribution in [0.3, 0.4) is 0 Å². The van der Waals surface area contributed by atoms with E-state index in [1.165, 1.54) is 6.08 Å². The highest BCUT2D eigenvalue weighted by atomic mass is 16.6. The van der Waals surface area contributed by atoms with Crippen molar-refractivity contribution in [2.45, 2.75) is 27.2 Å². The fourth-order valence-corrected chi connectivity index (χ4v) is 1.24. The van der Waals surface area contributed by atoms with Crippen LogP contribution in [-0.4, -0.2) is 51.6 Å². The zero-order chi connectivity index (χ0) is 16.8. The standard InChI is InChI=1S/C16H26O6/c1-5-14(4)16(18)22-11-9-20-7-6-19-8-10-21-15(17)12-13(2)3/h12H,4-11H2,1-3H3. The topological polar surface area (TPSA) is 71.1 Å². The summed E-state index contributed by atoms with van der Waals surface area (Å²) < 4.78 is 20.3. The third kappa shape index (κ3) is 12.1. The predicted molar refractivity (Wildman–Crippen MR) is 82.4 cm³/mol. The van der Waals surface area contributed by atoms with Gasteiger partial charge in [-0.25, -0.2) is 9.59 Å². The molecule has 0 N–H and O–H groups in total. The summed E-state index contributed by atoms with van der Waals surface area (Å²) in [5.74, 6) is -0.754. The Kier molecular flexibility index (Phi) is 12.1. The summed E-state index contributed by atoms with van der Waals surface area (Å²) in [6.45, 7) is 10.9. The van der Waals surface area contributed by atoms with Crippen LogP contribution in [0.4, 0.5) is 0 Å². The van der Waals surface area contributed by atoms with Crippen LogP contribution in [0, 0.1) is 0 Å². The van der Waals surface area contributed by atoms with Crippen molar-refractivity contribution >= 4 is 11.9 Å². The minimum atomic E-state index is -0.388. The van der Waals surface area contributed by atoms with Gasteiger partial charge in [0, 0.05) is 11.6 Å².